The number of hydrogen-bond acceptors (Lipinski definition) is 4. The van der Waals surface area contributed by atoms with Crippen molar-refractivity contribution in [2.45, 2.75) is 39.8 Å². The van der Waals surface area contributed by atoms with Crippen LogP contribution in [0, 0.1) is 13.8 Å². The Morgan fingerprint density at radius 2 is 1.62 bits per heavy atom. The summed E-state index contributed by atoms with van der Waals surface area (Å²) in [5.41, 5.74) is 5.26. The molecule has 1 fully saturated rings. The minimum absolute atomic E-state index is 0.00992. The summed E-state index contributed by atoms with van der Waals surface area (Å²) < 4.78 is 5.38. The van der Waals surface area contributed by atoms with Gasteiger partial charge in [-0.05, 0) is 42.2 Å². The molecule has 2 aromatic rings. The maximum Gasteiger partial charge on any atom is 0.220 e. The van der Waals surface area contributed by atoms with E-state index in [0.717, 1.165) is 49.5 Å². The first-order valence-corrected chi connectivity index (χ1v) is 10.3. The fourth-order valence-electron chi connectivity index (χ4n) is 3.36. The molecular formula is C24H30N2O3. The van der Waals surface area contributed by atoms with Gasteiger partial charge >= 0.3 is 0 Å². The summed E-state index contributed by atoms with van der Waals surface area (Å²) in [5.74, 6) is -0.0877. The van der Waals surface area contributed by atoms with Gasteiger partial charge in [0, 0.05) is 44.6 Å². The van der Waals surface area contributed by atoms with Crippen LogP contribution >= 0.6 is 0 Å². The molecule has 1 aliphatic heterocycles. The van der Waals surface area contributed by atoms with Crippen molar-refractivity contribution < 1.29 is 14.3 Å². The highest BCUT2D eigenvalue weighted by Gasteiger charge is 2.12. The van der Waals surface area contributed by atoms with Crippen molar-refractivity contribution in [1.29, 1.82) is 0 Å². The number of morpholine rings is 1. The lowest BCUT2D eigenvalue weighted by Crippen LogP contribution is -2.35. The lowest BCUT2D eigenvalue weighted by Gasteiger charge is -2.26. The lowest BCUT2D eigenvalue weighted by atomic mass is 10.0. The molecule has 0 bridgehead atoms. The van der Waals surface area contributed by atoms with Crippen LogP contribution in [0.5, 0.6) is 0 Å². The van der Waals surface area contributed by atoms with Gasteiger partial charge in [0.1, 0.15) is 0 Å². The van der Waals surface area contributed by atoms with E-state index in [1.807, 2.05) is 32.0 Å². The molecule has 1 heterocycles. The van der Waals surface area contributed by atoms with E-state index in [-0.39, 0.29) is 24.5 Å². The van der Waals surface area contributed by atoms with Crippen LogP contribution in [0.3, 0.4) is 0 Å². The standard InChI is InChI=1S/C24H30N2O3/c1-18-3-8-22(15-19(18)2)23(27)9-10-24(28)25-16-20-4-6-21(7-5-20)17-26-11-13-29-14-12-26/h3-8,15H,9-14,16-17H2,1-2H3,(H,25,28). The van der Waals surface area contributed by atoms with E-state index < -0.39 is 0 Å². The van der Waals surface area contributed by atoms with Gasteiger partial charge in [0.15, 0.2) is 5.78 Å². The highest BCUT2D eigenvalue weighted by molar-refractivity contribution is 5.98. The maximum atomic E-state index is 12.3. The highest BCUT2D eigenvalue weighted by atomic mass is 16.5. The Hall–Kier alpha value is -2.50. The molecule has 1 aliphatic rings. The normalized spacial score (nSPS) is 14.6. The summed E-state index contributed by atoms with van der Waals surface area (Å²) in [7, 11) is 0. The third-order valence-electron chi connectivity index (χ3n) is 5.43. The Bertz CT molecular complexity index is 840. The molecule has 0 aromatic heterocycles. The molecule has 0 radical (unpaired) electrons. The van der Waals surface area contributed by atoms with Crippen molar-refractivity contribution in [1.82, 2.24) is 10.2 Å². The Morgan fingerprint density at radius 3 is 2.31 bits per heavy atom. The smallest absolute Gasteiger partial charge is 0.220 e. The third kappa shape index (κ3) is 6.51. The number of hydrogen-bond donors (Lipinski definition) is 1. The zero-order valence-electron chi connectivity index (χ0n) is 17.4. The van der Waals surface area contributed by atoms with Crippen molar-refractivity contribution in [2.75, 3.05) is 26.3 Å². The molecular weight excluding hydrogens is 364 g/mol. The number of ether oxygens (including phenoxy) is 1. The quantitative estimate of drug-likeness (QED) is 0.697. The lowest BCUT2D eigenvalue weighted by molar-refractivity contribution is -0.121. The second-order valence-corrected chi connectivity index (χ2v) is 7.70. The van der Waals surface area contributed by atoms with Gasteiger partial charge in [0.2, 0.25) is 5.91 Å². The number of rotatable bonds is 8. The van der Waals surface area contributed by atoms with Gasteiger partial charge < -0.3 is 10.1 Å². The molecule has 2 aromatic carbocycles. The van der Waals surface area contributed by atoms with Gasteiger partial charge in [-0.3, -0.25) is 14.5 Å². The third-order valence-corrected chi connectivity index (χ3v) is 5.43. The van der Waals surface area contributed by atoms with Crippen molar-refractivity contribution in [2.24, 2.45) is 0 Å². The Labute approximate surface area is 173 Å². The number of carbonyl (C=O) groups is 2. The van der Waals surface area contributed by atoms with Gasteiger partial charge in [-0.25, -0.2) is 0 Å². The summed E-state index contributed by atoms with van der Waals surface area (Å²) in [6, 6.07) is 14.0. The molecule has 1 N–H and O–H groups in total. The van der Waals surface area contributed by atoms with Crippen molar-refractivity contribution in [3.63, 3.8) is 0 Å². The van der Waals surface area contributed by atoms with E-state index in [1.165, 1.54) is 5.56 Å². The van der Waals surface area contributed by atoms with Crippen LogP contribution in [-0.2, 0) is 22.6 Å². The van der Waals surface area contributed by atoms with Gasteiger partial charge in [-0.1, -0.05) is 36.4 Å². The molecule has 5 nitrogen and oxygen atoms in total. The van der Waals surface area contributed by atoms with Gasteiger partial charge in [0.05, 0.1) is 13.2 Å². The monoisotopic (exact) mass is 394 g/mol. The fraction of sp³-hybridized carbons (Fsp3) is 0.417. The van der Waals surface area contributed by atoms with E-state index >= 15 is 0 Å². The second-order valence-electron chi connectivity index (χ2n) is 7.70. The zero-order valence-corrected chi connectivity index (χ0v) is 17.4. The average Bonchev–Trinajstić information content (AvgIpc) is 2.74. The van der Waals surface area contributed by atoms with Gasteiger partial charge in [0.25, 0.3) is 0 Å². The minimum Gasteiger partial charge on any atom is -0.379 e. The van der Waals surface area contributed by atoms with Crippen LogP contribution in [0.2, 0.25) is 0 Å². The predicted molar refractivity (Wildman–Crippen MR) is 114 cm³/mol. The van der Waals surface area contributed by atoms with Crippen LogP contribution in [0.4, 0.5) is 0 Å². The summed E-state index contributed by atoms with van der Waals surface area (Å²) in [6.07, 6.45) is 0.438. The molecule has 0 aliphatic carbocycles. The van der Waals surface area contributed by atoms with E-state index in [1.54, 1.807) is 0 Å². The highest BCUT2D eigenvalue weighted by Crippen LogP contribution is 2.13. The summed E-state index contributed by atoms with van der Waals surface area (Å²) in [5, 5.41) is 2.91. The van der Waals surface area contributed by atoms with Crippen molar-refractivity contribution in [3.8, 4) is 0 Å². The SMILES string of the molecule is Cc1ccc(C(=O)CCC(=O)NCc2ccc(CN3CCOCC3)cc2)cc1C. The molecule has 0 unspecified atom stereocenters. The number of nitrogens with zero attached hydrogens (tertiary/aromatic N) is 1. The molecule has 5 heteroatoms. The molecule has 1 saturated heterocycles. The Kier molecular flexibility index (Phi) is 7.55. The molecule has 0 saturated carbocycles. The first-order valence-electron chi connectivity index (χ1n) is 10.3. The number of benzene rings is 2. The molecule has 3 rings (SSSR count). The topological polar surface area (TPSA) is 58.6 Å². The zero-order chi connectivity index (χ0) is 20.6. The molecule has 1 amide bonds. The first kappa shape index (κ1) is 21.2. The first-order chi connectivity index (χ1) is 14.0. The summed E-state index contributed by atoms with van der Waals surface area (Å²) >= 11 is 0. The molecule has 0 atom stereocenters. The Morgan fingerprint density at radius 1 is 0.931 bits per heavy atom. The van der Waals surface area contributed by atoms with Crippen LogP contribution in [0.15, 0.2) is 42.5 Å². The minimum atomic E-state index is -0.0976. The number of carbonyl (C=O) groups excluding carboxylic acids is 2. The summed E-state index contributed by atoms with van der Waals surface area (Å²) in [6.45, 7) is 8.96. The van der Waals surface area contributed by atoms with Gasteiger partial charge in [-0.15, -0.1) is 0 Å². The second kappa shape index (κ2) is 10.3. The van der Waals surface area contributed by atoms with Crippen LogP contribution in [-0.4, -0.2) is 42.9 Å². The number of ketones is 1. The summed E-state index contributed by atoms with van der Waals surface area (Å²) in [4.78, 5) is 26.8. The van der Waals surface area contributed by atoms with E-state index in [2.05, 4.69) is 34.5 Å². The molecule has 154 valence electrons. The van der Waals surface area contributed by atoms with E-state index in [9.17, 15) is 9.59 Å². The number of amides is 1. The van der Waals surface area contributed by atoms with Crippen molar-refractivity contribution in [3.05, 3.63) is 70.3 Å². The largest absolute Gasteiger partial charge is 0.379 e. The number of aryl methyl sites for hydroxylation is 2. The molecule has 29 heavy (non-hydrogen) atoms. The number of nitrogens with one attached hydrogen (secondary N) is 1. The number of Topliss-reactive ketones (excluding diaryl/α,β-unsaturated/α-hetero) is 1. The Balaban J connectivity index is 1.40. The maximum absolute atomic E-state index is 12.3. The van der Waals surface area contributed by atoms with Crippen LogP contribution in [0.1, 0.15) is 45.5 Å². The average molecular weight is 395 g/mol. The fourth-order valence-corrected chi connectivity index (χ4v) is 3.36. The van der Waals surface area contributed by atoms with Gasteiger partial charge in [-0.2, -0.15) is 0 Å². The van der Waals surface area contributed by atoms with Crippen LogP contribution < -0.4 is 5.32 Å². The predicted octanol–water partition coefficient (Wildman–Crippen LogP) is 3.41. The van der Waals surface area contributed by atoms with E-state index in [4.69, 9.17) is 4.74 Å². The van der Waals surface area contributed by atoms with Crippen LogP contribution in [0.25, 0.3) is 0 Å². The van der Waals surface area contributed by atoms with E-state index in [0.29, 0.717) is 12.1 Å². The van der Waals surface area contributed by atoms with Crippen molar-refractivity contribution >= 4 is 11.7 Å². The molecule has 0 spiro atoms.